The van der Waals surface area contributed by atoms with Gasteiger partial charge in [0.2, 0.25) is 0 Å². The van der Waals surface area contributed by atoms with Crippen LogP contribution < -0.4 is 4.90 Å². The van der Waals surface area contributed by atoms with Gasteiger partial charge in [0, 0.05) is 28.0 Å². The molecule has 0 bridgehead atoms. The fourth-order valence-electron chi connectivity index (χ4n) is 10.5. The topological polar surface area (TPSA) is 21.1 Å². The SMILES string of the molecule is C=C/C(=C\C=C/C)N(c1ccc(-c2nc3c(n2-c2ccccc2)CCC=C3)cc1)c1ccc(-c2ccc3c(c2)C(C2=CC=CCC2)(c2ccccc2)c2ccccc2-3)c2ccccc12. The van der Waals surface area contributed by atoms with Gasteiger partial charge in [0.05, 0.1) is 22.5 Å². The van der Waals surface area contributed by atoms with E-state index in [1.165, 1.54) is 55.6 Å². The van der Waals surface area contributed by atoms with Crippen LogP contribution in [0.5, 0.6) is 0 Å². The van der Waals surface area contributed by atoms with E-state index in [2.05, 4.69) is 228 Å². The molecule has 0 amide bonds. The van der Waals surface area contributed by atoms with Crippen molar-refractivity contribution in [3.8, 4) is 39.3 Å². The number of para-hydroxylation sites is 1. The normalized spacial score (nSPS) is 16.4. The van der Waals surface area contributed by atoms with Crippen LogP contribution in [0.1, 0.15) is 54.3 Å². The maximum Gasteiger partial charge on any atom is 0.145 e. The van der Waals surface area contributed by atoms with Crippen LogP contribution in [0, 0.1) is 0 Å². The minimum Gasteiger partial charge on any atom is -0.310 e. The van der Waals surface area contributed by atoms with E-state index in [1.807, 2.05) is 13.0 Å². The molecule has 308 valence electrons. The van der Waals surface area contributed by atoms with Crippen molar-refractivity contribution in [2.45, 2.75) is 38.0 Å². The van der Waals surface area contributed by atoms with E-state index < -0.39 is 5.41 Å². The fraction of sp³-hybridized carbons (Fsp3) is 0.0984. The molecule has 1 unspecified atom stereocenters. The lowest BCUT2D eigenvalue weighted by Gasteiger charge is -2.37. The molecule has 0 radical (unpaired) electrons. The molecule has 1 heterocycles. The largest absolute Gasteiger partial charge is 0.310 e. The van der Waals surface area contributed by atoms with Crippen LogP contribution in [0.15, 0.2) is 230 Å². The number of hydrogen-bond donors (Lipinski definition) is 0. The first-order valence-corrected chi connectivity index (χ1v) is 22.6. The van der Waals surface area contributed by atoms with Crippen molar-refractivity contribution in [1.82, 2.24) is 9.55 Å². The van der Waals surface area contributed by atoms with E-state index in [-0.39, 0.29) is 0 Å². The first-order valence-electron chi connectivity index (χ1n) is 22.6. The summed E-state index contributed by atoms with van der Waals surface area (Å²) in [6.45, 7) is 6.38. The summed E-state index contributed by atoms with van der Waals surface area (Å²) in [7, 11) is 0. The molecule has 3 aliphatic carbocycles. The number of benzene rings is 7. The van der Waals surface area contributed by atoms with E-state index in [0.717, 1.165) is 70.9 Å². The van der Waals surface area contributed by atoms with Crippen LogP contribution in [0.2, 0.25) is 0 Å². The van der Waals surface area contributed by atoms with E-state index in [1.54, 1.807) is 0 Å². The average molecular weight is 824 g/mol. The van der Waals surface area contributed by atoms with Crippen LogP contribution in [-0.4, -0.2) is 9.55 Å². The van der Waals surface area contributed by atoms with Crippen LogP contribution in [0.3, 0.4) is 0 Å². The van der Waals surface area contributed by atoms with Gasteiger partial charge < -0.3 is 4.90 Å². The van der Waals surface area contributed by atoms with Crippen LogP contribution in [-0.2, 0) is 11.8 Å². The Labute approximate surface area is 376 Å². The molecule has 8 aromatic rings. The molecule has 0 fully saturated rings. The van der Waals surface area contributed by atoms with Gasteiger partial charge in [0.15, 0.2) is 0 Å². The lowest BCUT2D eigenvalue weighted by Crippen LogP contribution is -2.30. The Morgan fingerprint density at radius 2 is 1.38 bits per heavy atom. The third-order valence-electron chi connectivity index (χ3n) is 13.4. The first kappa shape index (κ1) is 39.1. The maximum atomic E-state index is 5.21. The Morgan fingerprint density at radius 3 is 2.16 bits per heavy atom. The molecule has 1 aromatic heterocycles. The summed E-state index contributed by atoms with van der Waals surface area (Å²) in [6.07, 6.45) is 23.6. The standard InChI is InChI=1S/C61H49N3/c1-3-5-25-47(4-2)63(49-37-34-43(35-38-49)60-62-57-32-19-20-33-59(57)64(60)48-26-13-8-14-27-48)58-41-40-50(51-28-15-16-30-54(51)58)44-36-39-53-52-29-17-18-31-55(52)61(56(53)42-44,45-21-9-6-10-22-45)46-23-11-7-12-24-46/h3-11,13-19,21-23,25-32,34-42H,2,12,20,24,33H2,1H3/b5-3-,47-25+. The molecule has 0 aliphatic heterocycles. The molecule has 11 rings (SSSR count). The number of fused-ring (bicyclic) bond motifs is 5. The third-order valence-corrected chi connectivity index (χ3v) is 13.4. The Kier molecular flexibility index (Phi) is 10.1. The molecule has 0 N–H and O–H groups in total. The van der Waals surface area contributed by atoms with E-state index in [9.17, 15) is 0 Å². The number of imidazole rings is 1. The molecule has 1 atom stereocenters. The summed E-state index contributed by atoms with van der Waals surface area (Å²) in [5.41, 5.74) is 17.7. The summed E-state index contributed by atoms with van der Waals surface area (Å²) in [5, 5.41) is 2.36. The Bertz CT molecular complexity index is 3230. The Morgan fingerprint density at radius 1 is 0.672 bits per heavy atom. The Balaban J connectivity index is 1.06. The van der Waals surface area contributed by atoms with Crippen LogP contribution in [0.25, 0.3) is 56.2 Å². The van der Waals surface area contributed by atoms with Gasteiger partial charge in [-0.1, -0.05) is 164 Å². The second kappa shape index (κ2) is 16.5. The average Bonchev–Trinajstić information content (AvgIpc) is 3.90. The van der Waals surface area contributed by atoms with Gasteiger partial charge >= 0.3 is 0 Å². The lowest BCUT2D eigenvalue weighted by atomic mass is 9.65. The molecule has 3 heteroatoms. The van der Waals surface area contributed by atoms with Crippen molar-refractivity contribution < 1.29 is 0 Å². The zero-order chi connectivity index (χ0) is 43.0. The van der Waals surface area contributed by atoms with Crippen molar-refractivity contribution in [2.75, 3.05) is 4.90 Å². The van der Waals surface area contributed by atoms with Gasteiger partial charge in [-0.3, -0.25) is 4.57 Å². The Hall–Kier alpha value is -7.75. The van der Waals surface area contributed by atoms with E-state index >= 15 is 0 Å². The van der Waals surface area contributed by atoms with Gasteiger partial charge in [0.1, 0.15) is 5.82 Å². The fourth-order valence-corrected chi connectivity index (χ4v) is 10.5. The van der Waals surface area contributed by atoms with Gasteiger partial charge in [-0.25, -0.2) is 4.98 Å². The van der Waals surface area contributed by atoms with Crippen molar-refractivity contribution in [3.05, 3.63) is 258 Å². The van der Waals surface area contributed by atoms with Crippen molar-refractivity contribution in [1.29, 1.82) is 0 Å². The predicted molar refractivity (Wildman–Crippen MR) is 269 cm³/mol. The molecule has 7 aromatic carbocycles. The quantitative estimate of drug-likeness (QED) is 0.128. The molecular weight excluding hydrogens is 775 g/mol. The van der Waals surface area contributed by atoms with E-state index in [0.29, 0.717) is 0 Å². The monoisotopic (exact) mass is 823 g/mol. The van der Waals surface area contributed by atoms with Gasteiger partial charge in [-0.15, -0.1) is 0 Å². The number of rotatable bonds is 10. The van der Waals surface area contributed by atoms with Gasteiger partial charge in [0.25, 0.3) is 0 Å². The third kappa shape index (κ3) is 6.38. The van der Waals surface area contributed by atoms with Gasteiger partial charge in [-0.2, -0.15) is 0 Å². The highest BCUT2D eigenvalue weighted by atomic mass is 15.1. The minimum atomic E-state index is -0.391. The highest BCUT2D eigenvalue weighted by molar-refractivity contribution is 6.06. The van der Waals surface area contributed by atoms with E-state index in [4.69, 9.17) is 4.98 Å². The number of allylic oxidation sites excluding steroid dienone is 9. The lowest BCUT2D eigenvalue weighted by molar-refractivity contribution is 0.693. The zero-order valence-corrected chi connectivity index (χ0v) is 36.2. The molecule has 0 saturated carbocycles. The van der Waals surface area contributed by atoms with Crippen LogP contribution in [0.4, 0.5) is 11.4 Å². The van der Waals surface area contributed by atoms with Crippen LogP contribution >= 0.6 is 0 Å². The number of nitrogens with zero attached hydrogens (tertiary/aromatic N) is 3. The molecular formula is C61H49N3. The van der Waals surface area contributed by atoms with Crippen molar-refractivity contribution in [3.63, 3.8) is 0 Å². The summed E-state index contributed by atoms with van der Waals surface area (Å²) < 4.78 is 2.34. The summed E-state index contributed by atoms with van der Waals surface area (Å²) >= 11 is 0. The summed E-state index contributed by atoms with van der Waals surface area (Å²) in [6, 6.07) is 60.4. The van der Waals surface area contributed by atoms with Crippen molar-refractivity contribution in [2.24, 2.45) is 0 Å². The summed E-state index contributed by atoms with van der Waals surface area (Å²) in [5.74, 6) is 0.953. The molecule has 0 saturated heterocycles. The second-order valence-corrected chi connectivity index (χ2v) is 16.8. The van der Waals surface area contributed by atoms with Crippen molar-refractivity contribution >= 4 is 28.2 Å². The number of hydrogen-bond acceptors (Lipinski definition) is 2. The molecule has 64 heavy (non-hydrogen) atoms. The number of aromatic nitrogens is 2. The van der Waals surface area contributed by atoms with Gasteiger partial charge in [-0.05, 0) is 144 Å². The minimum absolute atomic E-state index is 0.391. The predicted octanol–water partition coefficient (Wildman–Crippen LogP) is 15.7. The smallest absolute Gasteiger partial charge is 0.145 e. The molecule has 3 aliphatic rings. The second-order valence-electron chi connectivity index (χ2n) is 16.8. The molecule has 0 spiro atoms. The highest BCUT2D eigenvalue weighted by Gasteiger charge is 2.47. The molecule has 3 nitrogen and oxygen atoms in total. The number of anilines is 2. The summed E-state index contributed by atoms with van der Waals surface area (Å²) in [4.78, 5) is 7.54. The maximum absolute atomic E-state index is 5.21. The first-order chi connectivity index (χ1) is 31.7. The highest BCUT2D eigenvalue weighted by Crippen LogP contribution is 2.58. The zero-order valence-electron chi connectivity index (χ0n) is 36.2.